The van der Waals surface area contributed by atoms with Crippen molar-refractivity contribution >= 4 is 34.8 Å². The molecule has 2 aliphatic rings. The number of amides is 2. The lowest BCUT2D eigenvalue weighted by atomic mass is 9.85. The molecule has 19 heavy (non-hydrogen) atoms. The molecule has 2 amide bonds. The predicted molar refractivity (Wildman–Crippen MR) is 74.5 cm³/mol. The summed E-state index contributed by atoms with van der Waals surface area (Å²) >= 11 is 7.40. The van der Waals surface area contributed by atoms with Crippen molar-refractivity contribution in [1.82, 2.24) is 10.2 Å². The monoisotopic (exact) mass is 298 g/mol. The van der Waals surface area contributed by atoms with Gasteiger partial charge in [-0.2, -0.15) is 0 Å². The molecular weight excluding hydrogens is 284 g/mol. The molecule has 1 aromatic rings. The highest BCUT2D eigenvalue weighted by molar-refractivity contribution is 7.12. The summed E-state index contributed by atoms with van der Waals surface area (Å²) in [6, 6.07) is 2.00. The van der Waals surface area contributed by atoms with Gasteiger partial charge in [0.15, 0.2) is 0 Å². The smallest absolute Gasteiger partial charge is 0.265 e. The fourth-order valence-corrected chi connectivity index (χ4v) is 3.99. The van der Waals surface area contributed by atoms with Gasteiger partial charge in [0, 0.05) is 25.6 Å². The summed E-state index contributed by atoms with van der Waals surface area (Å²) < 4.78 is 0. The number of likely N-dealkylation sites (tertiary alicyclic amines) is 1. The van der Waals surface area contributed by atoms with Crippen LogP contribution in [-0.2, 0) is 4.79 Å². The lowest BCUT2D eigenvalue weighted by Crippen LogP contribution is -2.55. The molecule has 4 nitrogen and oxygen atoms in total. The van der Waals surface area contributed by atoms with Crippen LogP contribution in [0.2, 0.25) is 5.02 Å². The number of rotatable bonds is 1. The first-order valence-corrected chi connectivity index (χ1v) is 7.72. The van der Waals surface area contributed by atoms with Crippen LogP contribution in [-0.4, -0.2) is 35.8 Å². The Labute approximate surface area is 120 Å². The molecule has 0 bridgehead atoms. The molecular formula is C13H15ClN2O2S. The lowest BCUT2D eigenvalue weighted by molar-refractivity contribution is -0.125. The van der Waals surface area contributed by atoms with Gasteiger partial charge in [-0.15, -0.1) is 11.3 Å². The maximum atomic E-state index is 12.4. The number of fused-ring (bicyclic) bond motifs is 1. The summed E-state index contributed by atoms with van der Waals surface area (Å²) in [5.74, 6) is 0.548. The number of carbonyl (C=O) groups excluding carboxylic acids is 2. The summed E-state index contributed by atoms with van der Waals surface area (Å²) in [5, 5.41) is 5.40. The number of nitrogens with one attached hydrogen (secondary N) is 1. The van der Waals surface area contributed by atoms with Gasteiger partial charge in [-0.1, -0.05) is 11.6 Å². The number of thiophene rings is 1. The Kier molecular flexibility index (Phi) is 3.50. The average molecular weight is 299 g/mol. The van der Waals surface area contributed by atoms with Crippen molar-refractivity contribution in [1.29, 1.82) is 0 Å². The number of halogens is 1. The fraction of sp³-hybridized carbons (Fsp3) is 0.538. The van der Waals surface area contributed by atoms with E-state index in [-0.39, 0.29) is 17.9 Å². The van der Waals surface area contributed by atoms with Crippen LogP contribution < -0.4 is 5.32 Å². The zero-order valence-corrected chi connectivity index (χ0v) is 12.0. The summed E-state index contributed by atoms with van der Waals surface area (Å²) in [6.07, 6.45) is 2.28. The first-order valence-electron chi connectivity index (χ1n) is 6.47. The minimum absolute atomic E-state index is 0.0235. The number of nitrogens with zero attached hydrogens (tertiary/aromatic N) is 1. The molecule has 1 N–H and O–H groups in total. The summed E-state index contributed by atoms with van der Waals surface area (Å²) in [4.78, 5) is 26.2. The topological polar surface area (TPSA) is 49.4 Å². The molecule has 2 aliphatic heterocycles. The van der Waals surface area contributed by atoms with E-state index in [1.165, 1.54) is 11.3 Å². The Bertz CT molecular complexity index is 516. The van der Waals surface area contributed by atoms with Gasteiger partial charge in [0.25, 0.3) is 5.91 Å². The summed E-state index contributed by atoms with van der Waals surface area (Å²) in [5.41, 5.74) is 0. The SMILES string of the molecule is O=C1CCC2CN(C(=O)c3sccc3Cl)CCC2N1. The van der Waals surface area contributed by atoms with Crippen LogP contribution in [0.4, 0.5) is 0 Å². The quantitative estimate of drug-likeness (QED) is 0.863. The van der Waals surface area contributed by atoms with Crippen molar-refractivity contribution in [2.24, 2.45) is 5.92 Å². The van der Waals surface area contributed by atoms with Crippen LogP contribution in [0.3, 0.4) is 0 Å². The van der Waals surface area contributed by atoms with E-state index in [0.717, 1.165) is 19.4 Å². The van der Waals surface area contributed by atoms with Crippen LogP contribution in [0.1, 0.15) is 28.9 Å². The Morgan fingerprint density at radius 3 is 3.05 bits per heavy atom. The molecule has 2 fully saturated rings. The molecule has 0 aromatic carbocycles. The van der Waals surface area contributed by atoms with Crippen LogP contribution in [0.15, 0.2) is 11.4 Å². The molecule has 0 saturated carbocycles. The molecule has 3 rings (SSSR count). The molecule has 2 atom stereocenters. The van der Waals surface area contributed by atoms with E-state index in [0.29, 0.717) is 28.8 Å². The van der Waals surface area contributed by atoms with E-state index in [4.69, 9.17) is 11.6 Å². The molecule has 1 aromatic heterocycles. The fourth-order valence-electron chi connectivity index (χ4n) is 2.88. The summed E-state index contributed by atoms with van der Waals surface area (Å²) in [7, 11) is 0. The zero-order valence-electron chi connectivity index (χ0n) is 10.4. The highest BCUT2D eigenvalue weighted by Crippen LogP contribution is 2.29. The van der Waals surface area contributed by atoms with E-state index in [2.05, 4.69) is 5.32 Å². The van der Waals surface area contributed by atoms with Crippen molar-refractivity contribution < 1.29 is 9.59 Å². The molecule has 102 valence electrons. The average Bonchev–Trinajstić information content (AvgIpc) is 2.83. The number of piperidine rings is 2. The second-order valence-electron chi connectivity index (χ2n) is 5.11. The number of carbonyl (C=O) groups is 2. The van der Waals surface area contributed by atoms with E-state index in [1.807, 2.05) is 10.3 Å². The molecule has 0 spiro atoms. The second kappa shape index (κ2) is 5.13. The Morgan fingerprint density at radius 2 is 2.32 bits per heavy atom. The predicted octanol–water partition coefficient (Wildman–Crippen LogP) is 2.14. The van der Waals surface area contributed by atoms with E-state index < -0.39 is 0 Å². The summed E-state index contributed by atoms with van der Waals surface area (Å²) in [6.45, 7) is 1.41. The van der Waals surface area contributed by atoms with Crippen LogP contribution in [0, 0.1) is 5.92 Å². The van der Waals surface area contributed by atoms with E-state index in [1.54, 1.807) is 6.07 Å². The van der Waals surface area contributed by atoms with Gasteiger partial charge >= 0.3 is 0 Å². The van der Waals surface area contributed by atoms with Crippen molar-refractivity contribution in [3.05, 3.63) is 21.3 Å². The zero-order chi connectivity index (χ0) is 13.4. The molecule has 0 radical (unpaired) electrons. The van der Waals surface area contributed by atoms with Crippen molar-refractivity contribution in [3.63, 3.8) is 0 Å². The maximum Gasteiger partial charge on any atom is 0.265 e. The van der Waals surface area contributed by atoms with Crippen molar-refractivity contribution in [2.45, 2.75) is 25.3 Å². The van der Waals surface area contributed by atoms with Gasteiger partial charge in [-0.05, 0) is 30.2 Å². The third kappa shape index (κ3) is 2.49. The lowest BCUT2D eigenvalue weighted by Gasteiger charge is -2.41. The van der Waals surface area contributed by atoms with E-state index in [9.17, 15) is 9.59 Å². The third-order valence-corrected chi connectivity index (χ3v) is 5.25. The largest absolute Gasteiger partial charge is 0.353 e. The number of hydrogen-bond donors (Lipinski definition) is 1. The highest BCUT2D eigenvalue weighted by atomic mass is 35.5. The van der Waals surface area contributed by atoms with Crippen LogP contribution >= 0.6 is 22.9 Å². The Hall–Kier alpha value is -1.07. The highest BCUT2D eigenvalue weighted by Gasteiger charge is 2.35. The Balaban J connectivity index is 1.70. The molecule has 2 unspecified atom stereocenters. The molecule has 3 heterocycles. The van der Waals surface area contributed by atoms with Gasteiger partial charge in [0.1, 0.15) is 4.88 Å². The molecule has 0 aliphatic carbocycles. The third-order valence-electron chi connectivity index (χ3n) is 3.92. The van der Waals surface area contributed by atoms with Crippen LogP contribution in [0.25, 0.3) is 0 Å². The van der Waals surface area contributed by atoms with Crippen molar-refractivity contribution in [3.8, 4) is 0 Å². The molecule has 2 saturated heterocycles. The normalized spacial score (nSPS) is 26.8. The Morgan fingerprint density at radius 1 is 1.47 bits per heavy atom. The number of hydrogen-bond acceptors (Lipinski definition) is 3. The van der Waals surface area contributed by atoms with Gasteiger partial charge in [0.2, 0.25) is 5.91 Å². The maximum absolute atomic E-state index is 12.4. The van der Waals surface area contributed by atoms with Crippen LogP contribution in [0.5, 0.6) is 0 Å². The van der Waals surface area contributed by atoms with E-state index >= 15 is 0 Å². The minimum Gasteiger partial charge on any atom is -0.353 e. The van der Waals surface area contributed by atoms with Crippen molar-refractivity contribution in [2.75, 3.05) is 13.1 Å². The molecule has 6 heteroatoms. The van der Waals surface area contributed by atoms with Gasteiger partial charge in [-0.3, -0.25) is 9.59 Å². The van der Waals surface area contributed by atoms with Gasteiger partial charge < -0.3 is 10.2 Å². The first-order chi connectivity index (χ1) is 9.15. The minimum atomic E-state index is 0.0235. The first kappa shape index (κ1) is 12.9. The second-order valence-corrected chi connectivity index (χ2v) is 6.43. The standard InChI is InChI=1S/C13H15ClN2O2S/c14-9-4-6-19-12(9)13(18)16-5-3-10-8(7-16)1-2-11(17)15-10/h4,6,8,10H,1-3,5,7H2,(H,15,17). The van der Waals surface area contributed by atoms with Gasteiger partial charge in [-0.25, -0.2) is 0 Å². The van der Waals surface area contributed by atoms with Gasteiger partial charge in [0.05, 0.1) is 5.02 Å².